The topological polar surface area (TPSA) is 20.2 Å². The highest BCUT2D eigenvalue weighted by Crippen LogP contribution is 2.16. The molecule has 24 heavy (non-hydrogen) atoms. The van der Waals surface area contributed by atoms with Crippen LogP contribution in [0.3, 0.4) is 0 Å². The van der Waals surface area contributed by atoms with Gasteiger partial charge in [-0.25, -0.2) is 0 Å². The molecule has 0 bridgehead atoms. The van der Waals surface area contributed by atoms with Gasteiger partial charge in [-0.1, -0.05) is 96.5 Å². The van der Waals surface area contributed by atoms with Crippen molar-refractivity contribution in [2.45, 2.75) is 103 Å². The van der Waals surface area contributed by atoms with Gasteiger partial charge < -0.3 is 5.11 Å². The Labute approximate surface area is 157 Å². The predicted octanol–water partition coefficient (Wildman–Crippen LogP) is 7.39. The van der Waals surface area contributed by atoms with Gasteiger partial charge in [0.1, 0.15) is 0 Å². The van der Waals surface area contributed by atoms with Gasteiger partial charge in [0.05, 0.1) is 0 Å². The first-order valence-electron chi connectivity index (χ1n) is 10.6. The highest BCUT2D eigenvalue weighted by Gasteiger charge is 2.04. The number of thioether (sulfide) groups is 1. The third-order valence-corrected chi connectivity index (χ3v) is 6.04. The molecule has 1 atom stereocenters. The van der Waals surface area contributed by atoms with Crippen molar-refractivity contribution in [2.75, 3.05) is 18.1 Å². The second-order valence-electron chi connectivity index (χ2n) is 7.24. The van der Waals surface area contributed by atoms with Gasteiger partial charge in [0.15, 0.2) is 0 Å². The number of rotatable bonds is 20. The smallest absolute Gasteiger partial charge is 0.0470 e. The number of allylic oxidation sites excluding steroid dienone is 1. The highest BCUT2D eigenvalue weighted by atomic mass is 32.2. The van der Waals surface area contributed by atoms with E-state index in [9.17, 15) is 5.11 Å². The second kappa shape index (κ2) is 21.1. The van der Waals surface area contributed by atoms with Gasteiger partial charge in [0.2, 0.25) is 0 Å². The van der Waals surface area contributed by atoms with Crippen molar-refractivity contribution in [1.29, 1.82) is 0 Å². The van der Waals surface area contributed by atoms with Gasteiger partial charge in [-0.05, 0) is 30.3 Å². The maximum Gasteiger partial charge on any atom is 0.0470 e. The van der Waals surface area contributed by atoms with Crippen LogP contribution in [0.25, 0.3) is 0 Å². The molecule has 0 aliphatic carbocycles. The zero-order valence-corrected chi connectivity index (χ0v) is 17.3. The molecule has 0 aromatic rings. The molecule has 2 heteroatoms. The molecule has 0 heterocycles. The first-order chi connectivity index (χ1) is 11.8. The lowest BCUT2D eigenvalue weighted by molar-refractivity contribution is 0.241. The van der Waals surface area contributed by atoms with E-state index in [-0.39, 0.29) is 0 Å². The third-order valence-electron chi connectivity index (χ3n) is 4.75. The number of aliphatic hydroxyl groups excluding tert-OH is 1. The lowest BCUT2D eigenvalue weighted by Gasteiger charge is -2.10. The lowest BCUT2D eigenvalue weighted by atomic mass is 10.0. The van der Waals surface area contributed by atoms with Gasteiger partial charge in [0, 0.05) is 6.61 Å². The van der Waals surface area contributed by atoms with Crippen LogP contribution < -0.4 is 0 Å². The van der Waals surface area contributed by atoms with Crippen LogP contribution in [0.15, 0.2) is 12.7 Å². The number of hydrogen-bond donors (Lipinski definition) is 1. The second-order valence-corrected chi connectivity index (χ2v) is 8.39. The average Bonchev–Trinajstić information content (AvgIpc) is 2.60. The molecule has 144 valence electrons. The number of aliphatic hydroxyl groups is 1. The first-order valence-corrected chi connectivity index (χ1v) is 11.8. The summed E-state index contributed by atoms with van der Waals surface area (Å²) in [7, 11) is 0. The van der Waals surface area contributed by atoms with Crippen LogP contribution in [0.1, 0.15) is 103 Å². The zero-order valence-electron chi connectivity index (χ0n) is 16.4. The van der Waals surface area contributed by atoms with E-state index in [4.69, 9.17) is 0 Å². The molecule has 0 fully saturated rings. The summed E-state index contributed by atoms with van der Waals surface area (Å²) in [4.78, 5) is 0. The van der Waals surface area contributed by atoms with Crippen LogP contribution in [0.5, 0.6) is 0 Å². The van der Waals surface area contributed by atoms with E-state index in [0.717, 1.165) is 12.2 Å². The molecule has 1 N–H and O–H groups in total. The fourth-order valence-electron chi connectivity index (χ4n) is 3.08. The number of hydrogen-bond acceptors (Lipinski definition) is 2. The molecule has 0 aromatic carbocycles. The molecule has 0 amide bonds. The standard InChI is InChI=1S/C22H44OS/c1-3-5-6-7-8-9-10-11-12-13-14-15-16-17-19-24-21-22(20-23)18-4-2/h4,22-23H,2-3,5-21H2,1H3. The SMILES string of the molecule is C=CCC(CO)CSCCCCCCCCCCCCCCCC. The summed E-state index contributed by atoms with van der Waals surface area (Å²) in [6.07, 6.45) is 22.8. The Morgan fingerprint density at radius 3 is 1.67 bits per heavy atom. The minimum Gasteiger partial charge on any atom is -0.396 e. The molecule has 0 saturated heterocycles. The fourth-order valence-corrected chi connectivity index (χ4v) is 4.23. The summed E-state index contributed by atoms with van der Waals surface area (Å²) >= 11 is 2.00. The van der Waals surface area contributed by atoms with Crippen LogP contribution in [-0.4, -0.2) is 23.2 Å². The molecular weight excluding hydrogens is 312 g/mol. The average molecular weight is 357 g/mol. The van der Waals surface area contributed by atoms with E-state index in [1.54, 1.807) is 0 Å². The van der Waals surface area contributed by atoms with Crippen LogP contribution in [0.2, 0.25) is 0 Å². The Morgan fingerprint density at radius 2 is 1.25 bits per heavy atom. The Bertz CT molecular complexity index is 242. The van der Waals surface area contributed by atoms with E-state index in [0.29, 0.717) is 12.5 Å². The molecule has 0 saturated carbocycles. The first kappa shape index (κ1) is 24.1. The Kier molecular flexibility index (Phi) is 21.1. The van der Waals surface area contributed by atoms with Crippen LogP contribution in [0, 0.1) is 5.92 Å². The summed E-state index contributed by atoms with van der Waals surface area (Å²) < 4.78 is 0. The maximum absolute atomic E-state index is 9.22. The highest BCUT2D eigenvalue weighted by molar-refractivity contribution is 7.99. The molecule has 0 aliphatic heterocycles. The normalized spacial score (nSPS) is 12.4. The van der Waals surface area contributed by atoms with Crippen LogP contribution in [0.4, 0.5) is 0 Å². The largest absolute Gasteiger partial charge is 0.396 e. The predicted molar refractivity (Wildman–Crippen MR) is 113 cm³/mol. The Balaban J connectivity index is 3.08. The van der Waals surface area contributed by atoms with E-state index < -0.39 is 0 Å². The minimum absolute atomic E-state index is 0.303. The maximum atomic E-state index is 9.22. The summed E-state index contributed by atoms with van der Waals surface area (Å²) in [6.45, 7) is 6.34. The molecule has 0 aromatic heterocycles. The van der Waals surface area contributed by atoms with E-state index in [2.05, 4.69) is 13.5 Å². The monoisotopic (exact) mass is 356 g/mol. The van der Waals surface area contributed by atoms with Crippen LogP contribution in [-0.2, 0) is 0 Å². The summed E-state index contributed by atoms with van der Waals surface area (Å²) in [6, 6.07) is 0. The number of unbranched alkanes of at least 4 members (excludes halogenated alkanes) is 13. The van der Waals surface area contributed by atoms with Gasteiger partial charge in [0.25, 0.3) is 0 Å². The molecule has 0 aliphatic rings. The molecule has 1 nitrogen and oxygen atoms in total. The molecule has 1 unspecified atom stereocenters. The van der Waals surface area contributed by atoms with Crippen molar-refractivity contribution in [3.05, 3.63) is 12.7 Å². The van der Waals surface area contributed by atoms with Crippen molar-refractivity contribution in [1.82, 2.24) is 0 Å². The lowest BCUT2D eigenvalue weighted by Crippen LogP contribution is -2.08. The van der Waals surface area contributed by atoms with Crippen molar-refractivity contribution in [3.63, 3.8) is 0 Å². The van der Waals surface area contributed by atoms with Gasteiger partial charge >= 0.3 is 0 Å². The molecule has 0 spiro atoms. The fraction of sp³-hybridized carbons (Fsp3) is 0.909. The quantitative estimate of drug-likeness (QED) is 0.181. The van der Waals surface area contributed by atoms with Crippen molar-refractivity contribution in [2.24, 2.45) is 5.92 Å². The third kappa shape index (κ3) is 18.4. The van der Waals surface area contributed by atoms with Gasteiger partial charge in [-0.3, -0.25) is 0 Å². The van der Waals surface area contributed by atoms with Crippen LogP contribution >= 0.6 is 11.8 Å². The zero-order chi connectivity index (χ0) is 17.7. The summed E-state index contributed by atoms with van der Waals surface area (Å²) in [5.41, 5.74) is 0. The Morgan fingerprint density at radius 1 is 0.792 bits per heavy atom. The van der Waals surface area contributed by atoms with Crippen molar-refractivity contribution >= 4 is 11.8 Å². The summed E-state index contributed by atoms with van der Waals surface area (Å²) in [5, 5.41) is 9.22. The van der Waals surface area contributed by atoms with E-state index in [1.807, 2.05) is 17.8 Å². The van der Waals surface area contributed by atoms with Crippen molar-refractivity contribution in [3.8, 4) is 0 Å². The minimum atomic E-state index is 0.303. The van der Waals surface area contributed by atoms with Gasteiger partial charge in [-0.15, -0.1) is 6.58 Å². The van der Waals surface area contributed by atoms with E-state index in [1.165, 1.54) is 95.6 Å². The van der Waals surface area contributed by atoms with E-state index >= 15 is 0 Å². The molecule has 0 radical (unpaired) electrons. The Hall–Kier alpha value is 0.0500. The van der Waals surface area contributed by atoms with Gasteiger partial charge in [-0.2, -0.15) is 11.8 Å². The summed E-state index contributed by atoms with van der Waals surface area (Å²) in [5.74, 6) is 2.76. The molecule has 0 rings (SSSR count). The molecular formula is C22H44OS. The van der Waals surface area contributed by atoms with Crippen molar-refractivity contribution < 1.29 is 5.11 Å².